The molecule has 1 amide bonds. The average Bonchev–Trinajstić information content (AvgIpc) is 2.72. The first kappa shape index (κ1) is 20.1. The molecular weight excluding hydrogens is 372 g/mol. The second-order valence-corrected chi connectivity index (χ2v) is 7.01. The highest BCUT2D eigenvalue weighted by molar-refractivity contribution is 6.01. The lowest BCUT2D eigenvalue weighted by molar-refractivity contribution is -0.123. The number of fused-ring (bicyclic) bond motifs is 2. The van der Waals surface area contributed by atoms with Crippen LogP contribution in [0.1, 0.15) is 46.3 Å². The number of halogens is 1. The molecule has 0 saturated carbocycles. The standard InChI is InChI=1S/C23H22N2O2.ClH/c24-14-21(17-10-9-15-5-1-2-6-16(15)13-17)25-23(27)20-11-12-22(26)19-8-4-3-7-18(19)20;/h1-10,13,20-21H,11-12,14,24H2,(H,25,27);1H. The van der Waals surface area contributed by atoms with Crippen molar-refractivity contribution in [2.24, 2.45) is 5.73 Å². The minimum atomic E-state index is -0.312. The van der Waals surface area contributed by atoms with Gasteiger partial charge in [0.25, 0.3) is 0 Å². The number of hydrogen-bond donors (Lipinski definition) is 2. The van der Waals surface area contributed by atoms with Crippen molar-refractivity contribution in [2.45, 2.75) is 24.8 Å². The summed E-state index contributed by atoms with van der Waals surface area (Å²) in [6.45, 7) is 0.317. The number of carbonyl (C=O) groups is 2. The summed E-state index contributed by atoms with van der Waals surface area (Å²) in [5, 5.41) is 5.38. The summed E-state index contributed by atoms with van der Waals surface area (Å²) in [7, 11) is 0. The molecule has 144 valence electrons. The molecular formula is C23H23ClN2O2. The molecule has 0 aliphatic heterocycles. The Labute approximate surface area is 170 Å². The molecule has 1 aliphatic carbocycles. The Balaban J connectivity index is 0.00000225. The molecule has 3 aromatic rings. The molecule has 2 atom stereocenters. The highest BCUT2D eigenvalue weighted by atomic mass is 35.5. The molecule has 0 aromatic heterocycles. The van der Waals surface area contributed by atoms with E-state index in [1.807, 2.05) is 42.5 Å². The van der Waals surface area contributed by atoms with Crippen LogP contribution in [0, 0.1) is 0 Å². The molecule has 0 bridgehead atoms. The Bertz CT molecular complexity index is 1020. The van der Waals surface area contributed by atoms with Gasteiger partial charge < -0.3 is 11.1 Å². The fourth-order valence-corrected chi connectivity index (χ4v) is 3.87. The van der Waals surface area contributed by atoms with Gasteiger partial charge in [-0.3, -0.25) is 9.59 Å². The van der Waals surface area contributed by atoms with Gasteiger partial charge in [0.2, 0.25) is 5.91 Å². The van der Waals surface area contributed by atoms with Crippen LogP contribution < -0.4 is 11.1 Å². The Morgan fingerprint density at radius 2 is 1.75 bits per heavy atom. The van der Waals surface area contributed by atoms with Gasteiger partial charge in [-0.05, 0) is 34.4 Å². The van der Waals surface area contributed by atoms with E-state index in [9.17, 15) is 9.59 Å². The van der Waals surface area contributed by atoms with E-state index < -0.39 is 0 Å². The van der Waals surface area contributed by atoms with E-state index >= 15 is 0 Å². The summed E-state index contributed by atoms with van der Waals surface area (Å²) < 4.78 is 0. The van der Waals surface area contributed by atoms with Crippen molar-refractivity contribution in [3.63, 3.8) is 0 Å². The Morgan fingerprint density at radius 1 is 1.04 bits per heavy atom. The maximum Gasteiger partial charge on any atom is 0.228 e. The number of hydrogen-bond acceptors (Lipinski definition) is 3. The maximum absolute atomic E-state index is 13.0. The van der Waals surface area contributed by atoms with Crippen molar-refractivity contribution >= 4 is 34.9 Å². The Hall–Kier alpha value is -2.69. The summed E-state index contributed by atoms with van der Waals surface area (Å²) in [6.07, 6.45) is 0.940. The normalized spacial score (nSPS) is 16.8. The fourth-order valence-electron chi connectivity index (χ4n) is 3.87. The third-order valence-electron chi connectivity index (χ3n) is 5.34. The smallest absolute Gasteiger partial charge is 0.228 e. The van der Waals surface area contributed by atoms with Gasteiger partial charge in [-0.25, -0.2) is 0 Å². The van der Waals surface area contributed by atoms with E-state index in [1.165, 1.54) is 0 Å². The SMILES string of the molecule is Cl.NCC(NC(=O)C1CCC(=O)c2ccccc21)c1ccc2ccccc2c1. The fraction of sp³-hybridized carbons (Fsp3) is 0.217. The van der Waals surface area contributed by atoms with Crippen molar-refractivity contribution in [3.8, 4) is 0 Å². The molecule has 3 N–H and O–H groups in total. The predicted octanol–water partition coefficient (Wildman–Crippen LogP) is 4.14. The summed E-state index contributed by atoms with van der Waals surface area (Å²) in [4.78, 5) is 25.1. The van der Waals surface area contributed by atoms with Gasteiger partial charge in [-0.2, -0.15) is 0 Å². The summed E-state index contributed by atoms with van der Waals surface area (Å²) >= 11 is 0. The highest BCUT2D eigenvalue weighted by Crippen LogP contribution is 2.32. The number of carbonyl (C=O) groups excluding carboxylic acids is 2. The van der Waals surface area contributed by atoms with Crippen molar-refractivity contribution in [3.05, 3.63) is 83.4 Å². The first-order chi connectivity index (χ1) is 13.2. The number of rotatable bonds is 4. The lowest BCUT2D eigenvalue weighted by Gasteiger charge is -2.26. The van der Waals surface area contributed by atoms with E-state index in [-0.39, 0.29) is 36.1 Å². The van der Waals surface area contributed by atoms with Crippen molar-refractivity contribution in [1.29, 1.82) is 0 Å². The molecule has 2 unspecified atom stereocenters. The molecule has 0 spiro atoms. The van der Waals surface area contributed by atoms with Crippen LogP contribution in [-0.2, 0) is 4.79 Å². The number of amides is 1. The van der Waals surface area contributed by atoms with Crippen molar-refractivity contribution in [2.75, 3.05) is 6.54 Å². The molecule has 4 rings (SSSR count). The third-order valence-corrected chi connectivity index (χ3v) is 5.34. The van der Waals surface area contributed by atoms with Gasteiger partial charge in [0, 0.05) is 18.5 Å². The second-order valence-electron chi connectivity index (χ2n) is 7.01. The number of Topliss-reactive ketones (excluding diaryl/α,β-unsaturated/α-hetero) is 1. The van der Waals surface area contributed by atoms with Crippen LogP contribution in [0.4, 0.5) is 0 Å². The van der Waals surface area contributed by atoms with Gasteiger partial charge >= 0.3 is 0 Å². The van der Waals surface area contributed by atoms with Crippen LogP contribution in [0.25, 0.3) is 10.8 Å². The third kappa shape index (κ3) is 3.79. The van der Waals surface area contributed by atoms with E-state index in [2.05, 4.69) is 23.5 Å². The largest absolute Gasteiger partial charge is 0.347 e. The van der Waals surface area contributed by atoms with E-state index in [0.717, 1.165) is 21.9 Å². The first-order valence-corrected chi connectivity index (χ1v) is 9.28. The average molecular weight is 395 g/mol. The maximum atomic E-state index is 13.0. The van der Waals surface area contributed by atoms with E-state index in [1.54, 1.807) is 6.07 Å². The van der Waals surface area contributed by atoms with E-state index in [4.69, 9.17) is 5.73 Å². The molecule has 1 aliphatic rings. The van der Waals surface area contributed by atoms with Crippen molar-refractivity contribution in [1.82, 2.24) is 5.32 Å². The molecule has 28 heavy (non-hydrogen) atoms. The van der Waals surface area contributed by atoms with Crippen LogP contribution in [0.3, 0.4) is 0 Å². The zero-order chi connectivity index (χ0) is 18.8. The summed E-state index contributed by atoms with van der Waals surface area (Å²) in [6, 6.07) is 21.4. The monoisotopic (exact) mass is 394 g/mol. The zero-order valence-corrected chi connectivity index (χ0v) is 16.2. The molecule has 3 aromatic carbocycles. The molecule has 0 heterocycles. The minimum Gasteiger partial charge on any atom is -0.347 e. The van der Waals surface area contributed by atoms with Crippen LogP contribution >= 0.6 is 12.4 Å². The Kier molecular flexibility index (Phi) is 6.12. The quantitative estimate of drug-likeness (QED) is 0.698. The number of benzene rings is 3. The summed E-state index contributed by atoms with van der Waals surface area (Å²) in [5.41, 5.74) is 8.45. The van der Waals surface area contributed by atoms with Gasteiger partial charge in [-0.15, -0.1) is 12.4 Å². The molecule has 4 nitrogen and oxygen atoms in total. The van der Waals surface area contributed by atoms with Gasteiger partial charge in [0.05, 0.1) is 12.0 Å². The first-order valence-electron chi connectivity index (χ1n) is 9.28. The Morgan fingerprint density at radius 3 is 2.54 bits per heavy atom. The van der Waals surface area contributed by atoms with Gasteiger partial charge in [0.15, 0.2) is 5.78 Å². The summed E-state index contributed by atoms with van der Waals surface area (Å²) in [5.74, 6) is -0.272. The van der Waals surface area contributed by atoms with E-state index in [0.29, 0.717) is 24.9 Å². The van der Waals surface area contributed by atoms with Crippen molar-refractivity contribution < 1.29 is 9.59 Å². The topological polar surface area (TPSA) is 72.2 Å². The number of nitrogens with one attached hydrogen (secondary N) is 1. The zero-order valence-electron chi connectivity index (χ0n) is 15.4. The minimum absolute atomic E-state index is 0. The lowest BCUT2D eigenvalue weighted by Crippen LogP contribution is -2.38. The van der Waals surface area contributed by atoms with Crippen LogP contribution in [-0.4, -0.2) is 18.2 Å². The second kappa shape index (κ2) is 8.55. The predicted molar refractivity (Wildman–Crippen MR) is 114 cm³/mol. The molecule has 0 saturated heterocycles. The van der Waals surface area contributed by atoms with Gasteiger partial charge in [-0.1, -0.05) is 60.7 Å². The molecule has 0 radical (unpaired) electrons. The van der Waals surface area contributed by atoms with Crippen LogP contribution in [0.2, 0.25) is 0 Å². The number of nitrogens with two attached hydrogens (primary N) is 1. The highest BCUT2D eigenvalue weighted by Gasteiger charge is 2.31. The van der Waals surface area contributed by atoms with Crippen LogP contribution in [0.15, 0.2) is 66.7 Å². The van der Waals surface area contributed by atoms with Crippen LogP contribution in [0.5, 0.6) is 0 Å². The van der Waals surface area contributed by atoms with Gasteiger partial charge in [0.1, 0.15) is 0 Å². The lowest BCUT2D eigenvalue weighted by atomic mass is 9.81. The molecule has 0 fully saturated rings. The molecule has 5 heteroatoms. The number of ketones is 1.